The summed E-state index contributed by atoms with van der Waals surface area (Å²) in [4.78, 5) is 22.9. The molecular formula is C18H26O8. The van der Waals surface area contributed by atoms with Gasteiger partial charge in [-0.3, -0.25) is 0 Å². The number of carbonyl (C=O) groups is 2. The SMILES string of the molecule is O=C(O)c1cc(CCOCCCO)c(CCOCCCO)c(C(=O)O)c1. The van der Waals surface area contributed by atoms with E-state index in [1.54, 1.807) is 0 Å². The molecule has 0 aliphatic heterocycles. The van der Waals surface area contributed by atoms with Crippen LogP contribution in [0, 0.1) is 0 Å². The van der Waals surface area contributed by atoms with Gasteiger partial charge in [-0.05, 0) is 48.9 Å². The quantitative estimate of drug-likeness (QED) is 0.356. The standard InChI is InChI=1S/C18H26O8/c19-5-1-7-25-9-3-13-11-14(17(21)22)12-16(18(23)24)15(13)4-10-26-8-2-6-20/h11-12,19-20H,1-10H2,(H,21,22)(H,23,24). The highest BCUT2D eigenvalue weighted by molar-refractivity contribution is 5.95. The maximum absolute atomic E-state index is 11.6. The van der Waals surface area contributed by atoms with Crippen molar-refractivity contribution in [1.82, 2.24) is 0 Å². The monoisotopic (exact) mass is 370 g/mol. The Bertz CT molecular complexity index is 585. The second-order valence-electron chi connectivity index (χ2n) is 5.65. The van der Waals surface area contributed by atoms with E-state index < -0.39 is 11.9 Å². The fourth-order valence-corrected chi connectivity index (χ4v) is 2.46. The lowest BCUT2D eigenvalue weighted by atomic mass is 9.93. The first-order valence-corrected chi connectivity index (χ1v) is 8.50. The van der Waals surface area contributed by atoms with Crippen LogP contribution >= 0.6 is 0 Å². The molecule has 0 heterocycles. The van der Waals surface area contributed by atoms with E-state index in [2.05, 4.69) is 0 Å². The van der Waals surface area contributed by atoms with Gasteiger partial charge < -0.3 is 29.9 Å². The molecule has 0 aromatic heterocycles. The van der Waals surface area contributed by atoms with Crippen molar-refractivity contribution in [1.29, 1.82) is 0 Å². The van der Waals surface area contributed by atoms with Crippen LogP contribution in [0.3, 0.4) is 0 Å². The molecule has 8 nitrogen and oxygen atoms in total. The molecule has 0 amide bonds. The highest BCUT2D eigenvalue weighted by Gasteiger charge is 2.18. The summed E-state index contributed by atoms with van der Waals surface area (Å²) in [6, 6.07) is 2.62. The van der Waals surface area contributed by atoms with Gasteiger partial charge >= 0.3 is 11.9 Å². The average molecular weight is 370 g/mol. The van der Waals surface area contributed by atoms with Crippen molar-refractivity contribution in [2.45, 2.75) is 25.7 Å². The van der Waals surface area contributed by atoms with E-state index in [1.807, 2.05) is 0 Å². The predicted molar refractivity (Wildman–Crippen MR) is 92.8 cm³/mol. The van der Waals surface area contributed by atoms with Gasteiger partial charge in [0, 0.05) is 26.4 Å². The van der Waals surface area contributed by atoms with Gasteiger partial charge in [-0.25, -0.2) is 9.59 Å². The number of carboxylic acids is 2. The normalized spacial score (nSPS) is 10.8. The fourth-order valence-electron chi connectivity index (χ4n) is 2.46. The lowest BCUT2D eigenvalue weighted by Gasteiger charge is -2.15. The van der Waals surface area contributed by atoms with Gasteiger partial charge in [-0.15, -0.1) is 0 Å². The van der Waals surface area contributed by atoms with Crippen LogP contribution in [0.25, 0.3) is 0 Å². The summed E-state index contributed by atoms with van der Waals surface area (Å²) in [5.41, 5.74) is 0.980. The number of carboxylic acid groups (broad SMARTS) is 2. The zero-order valence-electron chi connectivity index (χ0n) is 14.6. The second kappa shape index (κ2) is 12.4. The van der Waals surface area contributed by atoms with Crippen LogP contribution in [0.2, 0.25) is 0 Å². The number of rotatable bonds is 14. The van der Waals surface area contributed by atoms with Crippen LogP contribution in [0.5, 0.6) is 0 Å². The van der Waals surface area contributed by atoms with Crippen molar-refractivity contribution in [3.05, 3.63) is 34.4 Å². The molecule has 0 saturated heterocycles. The molecule has 8 heteroatoms. The Balaban J connectivity index is 2.95. The summed E-state index contributed by atoms with van der Waals surface area (Å²) < 4.78 is 10.8. The van der Waals surface area contributed by atoms with Crippen LogP contribution in [-0.4, -0.2) is 72.0 Å². The molecule has 0 aliphatic rings. The zero-order chi connectivity index (χ0) is 19.4. The molecule has 146 valence electrons. The summed E-state index contributed by atoms with van der Waals surface area (Å²) >= 11 is 0. The molecule has 1 rings (SSSR count). The first kappa shape index (κ1) is 22.0. The number of benzene rings is 1. The van der Waals surface area contributed by atoms with Crippen LogP contribution < -0.4 is 0 Å². The van der Waals surface area contributed by atoms with Gasteiger partial charge in [0.2, 0.25) is 0 Å². The van der Waals surface area contributed by atoms with Crippen LogP contribution in [-0.2, 0) is 22.3 Å². The van der Waals surface area contributed by atoms with E-state index in [4.69, 9.17) is 19.7 Å². The largest absolute Gasteiger partial charge is 0.478 e. The Hall–Kier alpha value is -2.00. The van der Waals surface area contributed by atoms with Crippen LogP contribution in [0.15, 0.2) is 12.1 Å². The van der Waals surface area contributed by atoms with Gasteiger partial charge in [0.1, 0.15) is 0 Å². The Labute approximate surface area is 152 Å². The van der Waals surface area contributed by atoms with E-state index in [9.17, 15) is 19.8 Å². The summed E-state index contributed by atoms with van der Waals surface area (Å²) in [6.45, 7) is 1.34. The number of hydrogen-bond donors (Lipinski definition) is 4. The van der Waals surface area contributed by atoms with Crippen molar-refractivity contribution in [3.63, 3.8) is 0 Å². The lowest BCUT2D eigenvalue weighted by molar-refractivity contribution is 0.0694. The second-order valence-corrected chi connectivity index (χ2v) is 5.65. The first-order valence-electron chi connectivity index (χ1n) is 8.50. The molecule has 26 heavy (non-hydrogen) atoms. The number of hydrogen-bond acceptors (Lipinski definition) is 6. The van der Waals surface area contributed by atoms with E-state index in [0.717, 1.165) is 6.07 Å². The molecule has 0 bridgehead atoms. The molecule has 0 spiro atoms. The number of aliphatic hydroxyl groups is 2. The Morgan fingerprint density at radius 2 is 1.38 bits per heavy atom. The summed E-state index contributed by atoms with van der Waals surface area (Å²) in [5.74, 6) is -2.39. The van der Waals surface area contributed by atoms with Crippen LogP contribution in [0.1, 0.15) is 44.7 Å². The molecular weight excluding hydrogens is 344 g/mol. The molecule has 0 unspecified atom stereocenters. The van der Waals surface area contributed by atoms with E-state index >= 15 is 0 Å². The average Bonchev–Trinajstić information content (AvgIpc) is 2.61. The third kappa shape index (κ3) is 7.49. The first-order chi connectivity index (χ1) is 12.5. The third-order valence-electron chi connectivity index (χ3n) is 3.73. The highest BCUT2D eigenvalue weighted by Crippen LogP contribution is 2.20. The summed E-state index contributed by atoms with van der Waals surface area (Å²) in [7, 11) is 0. The predicted octanol–water partition coefficient (Wildman–Crippen LogP) is 0.966. The maximum Gasteiger partial charge on any atom is 0.335 e. The third-order valence-corrected chi connectivity index (χ3v) is 3.73. The van der Waals surface area contributed by atoms with Crippen LogP contribution in [0.4, 0.5) is 0 Å². The highest BCUT2D eigenvalue weighted by atomic mass is 16.5. The van der Waals surface area contributed by atoms with Gasteiger partial charge in [0.15, 0.2) is 0 Å². The molecule has 0 saturated carbocycles. The Kier molecular flexibility index (Phi) is 10.5. The minimum absolute atomic E-state index is 0.0180. The molecule has 0 fully saturated rings. The van der Waals surface area contributed by atoms with Gasteiger partial charge in [-0.1, -0.05) is 0 Å². The number of aromatic carboxylic acids is 2. The number of aliphatic hydroxyl groups excluding tert-OH is 2. The minimum Gasteiger partial charge on any atom is -0.478 e. The fraction of sp³-hybridized carbons (Fsp3) is 0.556. The van der Waals surface area contributed by atoms with Gasteiger partial charge in [0.05, 0.1) is 24.3 Å². The minimum atomic E-state index is -1.19. The van der Waals surface area contributed by atoms with Crippen molar-refractivity contribution < 1.29 is 39.5 Å². The van der Waals surface area contributed by atoms with Gasteiger partial charge in [-0.2, -0.15) is 0 Å². The van der Waals surface area contributed by atoms with Crippen molar-refractivity contribution in [2.24, 2.45) is 0 Å². The molecule has 0 aliphatic carbocycles. The van der Waals surface area contributed by atoms with Crippen molar-refractivity contribution in [2.75, 3.05) is 39.6 Å². The van der Waals surface area contributed by atoms with E-state index in [-0.39, 0.29) is 30.9 Å². The van der Waals surface area contributed by atoms with Crippen molar-refractivity contribution in [3.8, 4) is 0 Å². The summed E-state index contributed by atoms with van der Waals surface area (Å²) in [5, 5.41) is 36.2. The molecule has 0 radical (unpaired) electrons. The number of ether oxygens (including phenoxy) is 2. The Morgan fingerprint density at radius 1 is 0.808 bits per heavy atom. The van der Waals surface area contributed by atoms with E-state index in [1.165, 1.54) is 6.07 Å². The van der Waals surface area contributed by atoms with Crippen molar-refractivity contribution >= 4 is 11.9 Å². The lowest BCUT2D eigenvalue weighted by Crippen LogP contribution is -2.14. The topological polar surface area (TPSA) is 134 Å². The Morgan fingerprint density at radius 3 is 1.88 bits per heavy atom. The molecule has 4 N–H and O–H groups in total. The molecule has 1 aromatic rings. The zero-order valence-corrected chi connectivity index (χ0v) is 14.6. The van der Waals surface area contributed by atoms with E-state index in [0.29, 0.717) is 56.6 Å². The smallest absolute Gasteiger partial charge is 0.335 e. The maximum atomic E-state index is 11.6. The van der Waals surface area contributed by atoms with Gasteiger partial charge in [0.25, 0.3) is 0 Å². The molecule has 0 atom stereocenters. The molecule has 1 aromatic carbocycles. The summed E-state index contributed by atoms with van der Waals surface area (Å²) in [6.07, 6.45) is 1.67.